The summed E-state index contributed by atoms with van der Waals surface area (Å²) in [7, 11) is -0.593. The van der Waals surface area contributed by atoms with Crippen LogP contribution in [0.4, 0.5) is 0 Å². The average molecular weight is 261 g/mol. The second-order valence-electron chi connectivity index (χ2n) is 3.94. The fourth-order valence-corrected chi connectivity index (χ4v) is 2.44. The molecule has 1 atom stereocenters. The molecule has 6 nitrogen and oxygen atoms in total. The Labute approximate surface area is 103 Å². The van der Waals surface area contributed by atoms with Crippen molar-refractivity contribution in [2.45, 2.75) is 25.5 Å². The molecular formula is C10H19N3O3S. The molecule has 0 radical (unpaired) electrons. The number of carbonyl (C=O) groups excluding carboxylic acids is 1. The van der Waals surface area contributed by atoms with Crippen LogP contribution >= 0.6 is 0 Å². The van der Waals surface area contributed by atoms with E-state index in [0.29, 0.717) is 6.42 Å². The van der Waals surface area contributed by atoms with Gasteiger partial charge in [-0.1, -0.05) is 6.92 Å². The van der Waals surface area contributed by atoms with Crippen LogP contribution in [0.1, 0.15) is 20.3 Å². The molecule has 0 aliphatic carbocycles. The van der Waals surface area contributed by atoms with Gasteiger partial charge in [0.25, 0.3) is 0 Å². The molecule has 0 aliphatic rings. The van der Waals surface area contributed by atoms with Crippen LogP contribution < -0.4 is 0 Å². The van der Waals surface area contributed by atoms with Crippen LogP contribution in [0.5, 0.6) is 0 Å². The van der Waals surface area contributed by atoms with Crippen LogP contribution in [0.15, 0.2) is 0 Å². The Morgan fingerprint density at radius 2 is 1.94 bits per heavy atom. The van der Waals surface area contributed by atoms with Crippen molar-refractivity contribution in [2.75, 3.05) is 27.2 Å². The van der Waals surface area contributed by atoms with Gasteiger partial charge in [0.15, 0.2) is 5.25 Å². The highest BCUT2D eigenvalue weighted by atomic mass is 32.2. The van der Waals surface area contributed by atoms with Crippen molar-refractivity contribution in [1.82, 2.24) is 9.21 Å². The first-order valence-electron chi connectivity index (χ1n) is 5.36. The van der Waals surface area contributed by atoms with Gasteiger partial charge in [-0.3, -0.25) is 4.79 Å². The van der Waals surface area contributed by atoms with E-state index in [1.807, 2.05) is 6.92 Å². The second kappa shape index (κ2) is 6.57. The molecule has 0 saturated carbocycles. The average Bonchev–Trinajstić information content (AvgIpc) is 2.26. The number of sulfonamides is 1. The molecule has 1 unspecified atom stereocenters. The van der Waals surface area contributed by atoms with Gasteiger partial charge in [-0.25, -0.2) is 8.42 Å². The standard InChI is InChI=1S/C10H19N3O3S/c1-5-6-13(8-10(14)12(3)4)17(15,16)9(2)7-11/h9H,5-6,8H2,1-4H3. The number of carbonyl (C=O) groups is 1. The van der Waals surface area contributed by atoms with Crippen molar-refractivity contribution in [3.63, 3.8) is 0 Å². The van der Waals surface area contributed by atoms with Gasteiger partial charge >= 0.3 is 0 Å². The van der Waals surface area contributed by atoms with Crippen molar-refractivity contribution in [2.24, 2.45) is 0 Å². The quantitative estimate of drug-likeness (QED) is 0.675. The normalized spacial score (nSPS) is 13.2. The minimum absolute atomic E-state index is 0.213. The molecule has 98 valence electrons. The summed E-state index contributed by atoms with van der Waals surface area (Å²) in [6.45, 7) is 3.17. The van der Waals surface area contributed by atoms with Crippen LogP contribution in [0.25, 0.3) is 0 Å². The van der Waals surface area contributed by atoms with E-state index in [1.54, 1.807) is 20.2 Å². The summed E-state index contributed by atoms with van der Waals surface area (Å²) in [6.07, 6.45) is 0.595. The maximum absolute atomic E-state index is 11.9. The number of likely N-dealkylation sites (N-methyl/N-ethyl adjacent to an activating group) is 1. The SMILES string of the molecule is CCCN(CC(=O)N(C)C)S(=O)(=O)C(C)C#N. The summed E-state index contributed by atoms with van der Waals surface area (Å²) < 4.78 is 25.0. The largest absolute Gasteiger partial charge is 0.348 e. The van der Waals surface area contributed by atoms with E-state index >= 15 is 0 Å². The summed E-state index contributed by atoms with van der Waals surface area (Å²) >= 11 is 0. The maximum Gasteiger partial charge on any atom is 0.237 e. The number of nitrogens with zero attached hydrogens (tertiary/aromatic N) is 3. The molecule has 0 aromatic heterocycles. The Morgan fingerprint density at radius 1 is 1.41 bits per heavy atom. The Morgan fingerprint density at radius 3 is 2.29 bits per heavy atom. The molecule has 7 heteroatoms. The maximum atomic E-state index is 11.9. The van der Waals surface area contributed by atoms with Gasteiger partial charge in [-0.15, -0.1) is 0 Å². The van der Waals surface area contributed by atoms with Crippen LogP contribution in [-0.4, -0.2) is 56.0 Å². The predicted molar refractivity (Wildman–Crippen MR) is 64.6 cm³/mol. The van der Waals surface area contributed by atoms with Gasteiger partial charge in [0, 0.05) is 20.6 Å². The number of rotatable bonds is 6. The number of amides is 1. The van der Waals surface area contributed by atoms with Crippen molar-refractivity contribution in [3.05, 3.63) is 0 Å². The molecule has 0 aromatic rings. The fourth-order valence-electron chi connectivity index (χ4n) is 1.13. The van der Waals surface area contributed by atoms with E-state index < -0.39 is 15.3 Å². The lowest BCUT2D eigenvalue weighted by molar-refractivity contribution is -0.128. The van der Waals surface area contributed by atoms with Crippen molar-refractivity contribution in [1.29, 1.82) is 5.26 Å². The van der Waals surface area contributed by atoms with E-state index in [9.17, 15) is 13.2 Å². The molecule has 0 aromatic carbocycles. The van der Waals surface area contributed by atoms with Crippen molar-refractivity contribution in [3.8, 4) is 6.07 Å². The number of hydrogen-bond acceptors (Lipinski definition) is 4. The van der Waals surface area contributed by atoms with Gasteiger partial charge in [-0.05, 0) is 13.3 Å². The molecule has 0 fully saturated rings. The van der Waals surface area contributed by atoms with E-state index in [1.165, 1.54) is 11.8 Å². The molecule has 0 aliphatic heterocycles. The monoisotopic (exact) mass is 261 g/mol. The number of nitriles is 1. The lowest BCUT2D eigenvalue weighted by Gasteiger charge is -2.23. The first-order chi connectivity index (χ1) is 7.77. The van der Waals surface area contributed by atoms with E-state index in [2.05, 4.69) is 0 Å². The summed E-state index contributed by atoms with van der Waals surface area (Å²) in [4.78, 5) is 12.9. The second-order valence-corrected chi connectivity index (χ2v) is 6.19. The van der Waals surface area contributed by atoms with Crippen molar-refractivity contribution >= 4 is 15.9 Å². The minimum atomic E-state index is -3.72. The molecule has 0 bridgehead atoms. The molecule has 17 heavy (non-hydrogen) atoms. The van der Waals surface area contributed by atoms with Crippen LogP contribution in [0.2, 0.25) is 0 Å². The molecule has 0 N–H and O–H groups in total. The van der Waals surface area contributed by atoms with Gasteiger partial charge in [-0.2, -0.15) is 9.57 Å². The summed E-state index contributed by atoms with van der Waals surface area (Å²) in [5.41, 5.74) is 0. The zero-order chi connectivity index (χ0) is 13.6. The lowest BCUT2D eigenvalue weighted by Crippen LogP contribution is -2.43. The van der Waals surface area contributed by atoms with Gasteiger partial charge in [0.1, 0.15) is 0 Å². The lowest BCUT2D eigenvalue weighted by atomic mass is 10.4. The third-order valence-corrected chi connectivity index (χ3v) is 4.30. The first-order valence-corrected chi connectivity index (χ1v) is 6.86. The zero-order valence-corrected chi connectivity index (χ0v) is 11.5. The molecule has 0 heterocycles. The van der Waals surface area contributed by atoms with Gasteiger partial charge < -0.3 is 4.90 Å². The Bertz CT molecular complexity index is 398. The molecule has 1 amide bonds. The molecule has 0 spiro atoms. The van der Waals surface area contributed by atoms with Crippen LogP contribution in [-0.2, 0) is 14.8 Å². The highest BCUT2D eigenvalue weighted by molar-refractivity contribution is 7.90. The van der Waals surface area contributed by atoms with Crippen molar-refractivity contribution < 1.29 is 13.2 Å². The highest BCUT2D eigenvalue weighted by Gasteiger charge is 2.30. The zero-order valence-electron chi connectivity index (χ0n) is 10.7. The third kappa shape index (κ3) is 4.32. The Kier molecular flexibility index (Phi) is 6.13. The van der Waals surface area contributed by atoms with Crippen LogP contribution in [0, 0.1) is 11.3 Å². The Balaban J connectivity index is 4.99. The summed E-state index contributed by atoms with van der Waals surface area (Å²) in [5.74, 6) is -0.299. The van der Waals surface area contributed by atoms with E-state index in [4.69, 9.17) is 5.26 Å². The fraction of sp³-hybridized carbons (Fsp3) is 0.800. The first kappa shape index (κ1) is 15.9. The van der Waals surface area contributed by atoms with E-state index in [-0.39, 0.29) is 19.0 Å². The minimum Gasteiger partial charge on any atom is -0.348 e. The molecule has 0 saturated heterocycles. The molecular weight excluding hydrogens is 242 g/mol. The summed E-state index contributed by atoms with van der Waals surface area (Å²) in [6, 6.07) is 1.69. The number of hydrogen-bond donors (Lipinski definition) is 0. The predicted octanol–water partition coefficient (Wildman–Crippen LogP) is 0.0285. The Hall–Kier alpha value is -1.13. The van der Waals surface area contributed by atoms with Gasteiger partial charge in [0.2, 0.25) is 15.9 Å². The smallest absolute Gasteiger partial charge is 0.237 e. The summed E-state index contributed by atoms with van der Waals surface area (Å²) in [5, 5.41) is 7.54. The van der Waals surface area contributed by atoms with Gasteiger partial charge in [0.05, 0.1) is 12.6 Å². The third-order valence-electron chi connectivity index (χ3n) is 2.27. The van der Waals surface area contributed by atoms with E-state index in [0.717, 1.165) is 4.31 Å². The van der Waals surface area contributed by atoms with Crippen LogP contribution in [0.3, 0.4) is 0 Å². The topological polar surface area (TPSA) is 81.5 Å². The highest BCUT2D eigenvalue weighted by Crippen LogP contribution is 2.09. The molecule has 0 rings (SSSR count).